The summed E-state index contributed by atoms with van der Waals surface area (Å²) in [5.41, 5.74) is -1.16. The monoisotopic (exact) mass is 218 g/mol. The van der Waals surface area contributed by atoms with Crippen LogP contribution >= 0.6 is 0 Å². The summed E-state index contributed by atoms with van der Waals surface area (Å²) in [4.78, 5) is 11.2. The fourth-order valence-corrected chi connectivity index (χ4v) is 0.968. The Balaban J connectivity index is 3.46. The van der Waals surface area contributed by atoms with E-state index >= 15 is 0 Å². The molecule has 0 aromatic rings. The standard InChI is InChI=1S/C10H22N2O3/c1-3-4-5-12-9(14)6-11-7-10(2,15)8-13/h11,13,15H,3-8H2,1-2H3,(H,12,14). The molecule has 0 aliphatic carbocycles. The summed E-state index contributed by atoms with van der Waals surface area (Å²) >= 11 is 0. The molecule has 0 aliphatic rings. The van der Waals surface area contributed by atoms with Crippen LogP contribution in [-0.4, -0.2) is 48.0 Å². The lowest BCUT2D eigenvalue weighted by atomic mass is 10.1. The normalized spacial score (nSPS) is 14.7. The van der Waals surface area contributed by atoms with Crippen LogP contribution in [0.25, 0.3) is 0 Å². The first kappa shape index (κ1) is 14.3. The van der Waals surface area contributed by atoms with Gasteiger partial charge in [0.1, 0.15) is 0 Å². The second-order valence-electron chi connectivity index (χ2n) is 3.96. The van der Waals surface area contributed by atoms with E-state index in [0.717, 1.165) is 12.8 Å². The predicted octanol–water partition coefficient (Wildman–Crippen LogP) is -0.764. The molecule has 0 heterocycles. The van der Waals surface area contributed by atoms with Gasteiger partial charge in [0.25, 0.3) is 0 Å². The maximum absolute atomic E-state index is 11.2. The van der Waals surface area contributed by atoms with Crippen LogP contribution in [0.1, 0.15) is 26.7 Å². The van der Waals surface area contributed by atoms with Crippen molar-refractivity contribution in [2.75, 3.05) is 26.2 Å². The molecule has 0 aromatic carbocycles. The summed E-state index contributed by atoms with van der Waals surface area (Å²) < 4.78 is 0. The first-order valence-electron chi connectivity index (χ1n) is 5.32. The second kappa shape index (κ2) is 7.62. The topological polar surface area (TPSA) is 81.6 Å². The maximum Gasteiger partial charge on any atom is 0.233 e. The lowest BCUT2D eigenvalue weighted by molar-refractivity contribution is -0.120. The third-order valence-corrected chi connectivity index (χ3v) is 1.98. The van der Waals surface area contributed by atoms with Gasteiger partial charge in [0.2, 0.25) is 5.91 Å². The van der Waals surface area contributed by atoms with Gasteiger partial charge in [0.15, 0.2) is 0 Å². The van der Waals surface area contributed by atoms with E-state index in [1.807, 2.05) is 0 Å². The Morgan fingerprint density at radius 3 is 2.67 bits per heavy atom. The highest BCUT2D eigenvalue weighted by Crippen LogP contribution is 1.97. The van der Waals surface area contributed by atoms with Gasteiger partial charge in [-0.25, -0.2) is 0 Å². The van der Waals surface area contributed by atoms with Crippen molar-refractivity contribution in [1.29, 1.82) is 0 Å². The van der Waals surface area contributed by atoms with Crippen molar-refractivity contribution in [2.24, 2.45) is 0 Å². The molecule has 4 N–H and O–H groups in total. The second-order valence-corrected chi connectivity index (χ2v) is 3.96. The number of nitrogens with one attached hydrogen (secondary N) is 2. The van der Waals surface area contributed by atoms with Crippen molar-refractivity contribution in [2.45, 2.75) is 32.3 Å². The van der Waals surface area contributed by atoms with Gasteiger partial charge in [-0.3, -0.25) is 4.79 Å². The van der Waals surface area contributed by atoms with Crippen molar-refractivity contribution in [1.82, 2.24) is 10.6 Å². The molecule has 15 heavy (non-hydrogen) atoms. The minimum Gasteiger partial charge on any atom is -0.393 e. The molecule has 1 atom stereocenters. The third kappa shape index (κ3) is 8.35. The van der Waals surface area contributed by atoms with E-state index in [1.54, 1.807) is 0 Å². The van der Waals surface area contributed by atoms with Gasteiger partial charge < -0.3 is 20.8 Å². The van der Waals surface area contributed by atoms with Crippen molar-refractivity contribution in [3.63, 3.8) is 0 Å². The van der Waals surface area contributed by atoms with Crippen molar-refractivity contribution < 1.29 is 15.0 Å². The Hall–Kier alpha value is -0.650. The van der Waals surface area contributed by atoms with E-state index in [1.165, 1.54) is 6.92 Å². The zero-order valence-corrected chi connectivity index (χ0v) is 9.55. The molecule has 0 rings (SSSR count). The number of unbranched alkanes of at least 4 members (excludes halogenated alkanes) is 1. The molecule has 90 valence electrons. The van der Waals surface area contributed by atoms with E-state index in [-0.39, 0.29) is 25.6 Å². The first-order valence-corrected chi connectivity index (χ1v) is 5.32. The molecule has 0 bridgehead atoms. The summed E-state index contributed by atoms with van der Waals surface area (Å²) in [5.74, 6) is -0.0859. The highest BCUT2D eigenvalue weighted by Gasteiger charge is 2.18. The van der Waals surface area contributed by atoms with Gasteiger partial charge in [-0.2, -0.15) is 0 Å². The Morgan fingerprint density at radius 1 is 1.47 bits per heavy atom. The molecule has 0 fully saturated rings. The smallest absolute Gasteiger partial charge is 0.233 e. The van der Waals surface area contributed by atoms with Crippen LogP contribution in [0.15, 0.2) is 0 Å². The summed E-state index contributed by atoms with van der Waals surface area (Å²) in [5, 5.41) is 23.7. The van der Waals surface area contributed by atoms with Crippen LogP contribution in [0, 0.1) is 0 Å². The van der Waals surface area contributed by atoms with Crippen LogP contribution in [0.2, 0.25) is 0 Å². The molecule has 0 aliphatic heterocycles. The fourth-order valence-electron chi connectivity index (χ4n) is 0.968. The average molecular weight is 218 g/mol. The molecule has 0 radical (unpaired) electrons. The summed E-state index contributed by atoms with van der Waals surface area (Å²) in [7, 11) is 0. The molecule has 0 aromatic heterocycles. The Labute approximate surface area is 90.9 Å². The van der Waals surface area contributed by atoms with E-state index in [9.17, 15) is 9.90 Å². The van der Waals surface area contributed by atoms with Crippen LogP contribution in [0.3, 0.4) is 0 Å². The lowest BCUT2D eigenvalue weighted by Crippen LogP contribution is -2.44. The molecule has 0 spiro atoms. The van der Waals surface area contributed by atoms with Gasteiger partial charge in [-0.05, 0) is 13.3 Å². The average Bonchev–Trinajstić information content (AvgIpc) is 2.18. The Bertz CT molecular complexity index is 184. The highest BCUT2D eigenvalue weighted by atomic mass is 16.3. The summed E-state index contributed by atoms with van der Waals surface area (Å²) in [6, 6.07) is 0. The van der Waals surface area contributed by atoms with Crippen LogP contribution in [0.4, 0.5) is 0 Å². The molecular weight excluding hydrogens is 196 g/mol. The molecule has 1 unspecified atom stereocenters. The van der Waals surface area contributed by atoms with Crippen LogP contribution < -0.4 is 10.6 Å². The maximum atomic E-state index is 11.2. The number of carbonyl (C=O) groups excluding carboxylic acids is 1. The highest BCUT2D eigenvalue weighted by molar-refractivity contribution is 5.77. The van der Waals surface area contributed by atoms with Crippen LogP contribution in [0.5, 0.6) is 0 Å². The molecule has 1 amide bonds. The molecule has 0 saturated heterocycles. The molecule has 5 nitrogen and oxygen atoms in total. The number of hydrogen-bond donors (Lipinski definition) is 4. The zero-order chi connectivity index (χ0) is 11.7. The minimum absolute atomic E-state index is 0.0859. The van der Waals surface area contributed by atoms with E-state index in [0.29, 0.717) is 6.54 Å². The number of hydrogen-bond acceptors (Lipinski definition) is 4. The van der Waals surface area contributed by atoms with Gasteiger partial charge >= 0.3 is 0 Å². The fraction of sp³-hybridized carbons (Fsp3) is 0.900. The van der Waals surface area contributed by atoms with Crippen molar-refractivity contribution in [3.05, 3.63) is 0 Å². The SMILES string of the molecule is CCCCNC(=O)CNCC(C)(O)CO. The van der Waals surface area contributed by atoms with E-state index in [4.69, 9.17) is 5.11 Å². The van der Waals surface area contributed by atoms with Crippen LogP contribution in [-0.2, 0) is 4.79 Å². The molecule has 5 heteroatoms. The van der Waals surface area contributed by atoms with Gasteiger partial charge in [-0.1, -0.05) is 13.3 Å². The summed E-state index contributed by atoms with van der Waals surface area (Å²) in [6.07, 6.45) is 2.02. The minimum atomic E-state index is -1.16. The van der Waals surface area contributed by atoms with E-state index < -0.39 is 5.60 Å². The Morgan fingerprint density at radius 2 is 2.13 bits per heavy atom. The van der Waals surface area contributed by atoms with E-state index in [2.05, 4.69) is 17.6 Å². The van der Waals surface area contributed by atoms with Crippen molar-refractivity contribution in [3.8, 4) is 0 Å². The van der Waals surface area contributed by atoms with Gasteiger partial charge in [0, 0.05) is 13.1 Å². The van der Waals surface area contributed by atoms with Gasteiger partial charge in [-0.15, -0.1) is 0 Å². The lowest BCUT2D eigenvalue weighted by Gasteiger charge is -2.20. The Kier molecular flexibility index (Phi) is 7.29. The number of carbonyl (C=O) groups is 1. The zero-order valence-electron chi connectivity index (χ0n) is 9.55. The molecular formula is C10H22N2O3. The summed E-state index contributed by atoms with van der Waals surface area (Å²) in [6.45, 7) is 4.30. The number of aliphatic hydroxyl groups is 2. The van der Waals surface area contributed by atoms with Gasteiger partial charge in [0.05, 0.1) is 18.8 Å². The number of aliphatic hydroxyl groups excluding tert-OH is 1. The third-order valence-electron chi connectivity index (χ3n) is 1.98. The first-order chi connectivity index (χ1) is 7.02. The number of rotatable bonds is 8. The predicted molar refractivity (Wildman–Crippen MR) is 58.5 cm³/mol. The number of amides is 1. The largest absolute Gasteiger partial charge is 0.393 e. The van der Waals surface area contributed by atoms with Crippen molar-refractivity contribution >= 4 is 5.91 Å². The quantitative estimate of drug-likeness (QED) is 0.403. The molecule has 0 saturated carbocycles.